The van der Waals surface area contributed by atoms with Crippen molar-refractivity contribution in [3.05, 3.63) is 41.5 Å². The van der Waals surface area contributed by atoms with Crippen molar-refractivity contribution < 1.29 is 4.79 Å². The van der Waals surface area contributed by atoms with Crippen molar-refractivity contribution in [2.24, 2.45) is 0 Å². The smallest absolute Gasteiger partial charge is 0.251 e. The quantitative estimate of drug-likeness (QED) is 0.886. The second kappa shape index (κ2) is 7.00. The van der Waals surface area contributed by atoms with Crippen LogP contribution in [0.25, 0.3) is 0 Å². The number of aryl methyl sites for hydroxylation is 1. The summed E-state index contributed by atoms with van der Waals surface area (Å²) in [7, 11) is 2.14. The van der Waals surface area contributed by atoms with E-state index in [0.29, 0.717) is 11.4 Å². The van der Waals surface area contributed by atoms with Crippen LogP contribution in [0.4, 0.5) is 5.69 Å². The van der Waals surface area contributed by atoms with Gasteiger partial charge in [0.2, 0.25) is 0 Å². The molecule has 128 valence electrons. The fourth-order valence-corrected chi connectivity index (χ4v) is 2.79. The standard InChI is InChI=1S/C17H24N6O/c1-12(16-19-13(2)20-21-16)18-17(24)14-4-6-15(7-5-14)23-10-8-22(3)9-11-23/h4-7,12H,8-11H2,1-3H3,(H,18,24)(H,19,20,21). The molecule has 0 spiro atoms. The van der Waals surface area contributed by atoms with Crippen LogP contribution in [-0.2, 0) is 0 Å². The van der Waals surface area contributed by atoms with Crippen LogP contribution < -0.4 is 10.2 Å². The Bertz CT molecular complexity index is 687. The fourth-order valence-electron chi connectivity index (χ4n) is 2.79. The van der Waals surface area contributed by atoms with E-state index in [1.54, 1.807) is 0 Å². The number of nitrogens with one attached hydrogen (secondary N) is 2. The first-order valence-corrected chi connectivity index (χ1v) is 8.26. The van der Waals surface area contributed by atoms with Crippen molar-refractivity contribution in [2.45, 2.75) is 19.9 Å². The van der Waals surface area contributed by atoms with Gasteiger partial charge in [0.25, 0.3) is 5.91 Å². The Morgan fingerprint density at radius 3 is 2.46 bits per heavy atom. The van der Waals surface area contributed by atoms with Crippen molar-refractivity contribution in [1.29, 1.82) is 0 Å². The van der Waals surface area contributed by atoms with E-state index in [0.717, 1.165) is 37.7 Å². The molecular weight excluding hydrogens is 304 g/mol. The van der Waals surface area contributed by atoms with E-state index in [-0.39, 0.29) is 11.9 Å². The summed E-state index contributed by atoms with van der Waals surface area (Å²) in [6, 6.07) is 7.54. The normalized spacial score (nSPS) is 16.9. The number of benzene rings is 1. The van der Waals surface area contributed by atoms with Gasteiger partial charge in [-0.2, -0.15) is 5.10 Å². The Morgan fingerprint density at radius 1 is 1.21 bits per heavy atom. The van der Waals surface area contributed by atoms with Gasteiger partial charge in [0.05, 0.1) is 6.04 Å². The first-order valence-electron chi connectivity index (χ1n) is 8.26. The lowest BCUT2D eigenvalue weighted by Gasteiger charge is -2.34. The van der Waals surface area contributed by atoms with Gasteiger partial charge in [-0.25, -0.2) is 4.98 Å². The monoisotopic (exact) mass is 328 g/mol. The predicted molar refractivity (Wildman–Crippen MR) is 93.2 cm³/mol. The van der Waals surface area contributed by atoms with Gasteiger partial charge in [-0.3, -0.25) is 9.89 Å². The van der Waals surface area contributed by atoms with Crippen LogP contribution in [0.2, 0.25) is 0 Å². The van der Waals surface area contributed by atoms with Crippen molar-refractivity contribution >= 4 is 11.6 Å². The highest BCUT2D eigenvalue weighted by Crippen LogP contribution is 2.17. The number of piperazine rings is 1. The molecule has 1 aromatic carbocycles. The van der Waals surface area contributed by atoms with E-state index in [2.05, 4.69) is 37.3 Å². The lowest BCUT2D eigenvalue weighted by Crippen LogP contribution is -2.44. The van der Waals surface area contributed by atoms with Crippen molar-refractivity contribution in [1.82, 2.24) is 25.4 Å². The summed E-state index contributed by atoms with van der Waals surface area (Å²) in [6.45, 7) is 7.87. The number of hydrogen-bond donors (Lipinski definition) is 2. The molecule has 0 radical (unpaired) electrons. The lowest BCUT2D eigenvalue weighted by molar-refractivity contribution is 0.0938. The van der Waals surface area contributed by atoms with Gasteiger partial charge in [0.15, 0.2) is 5.82 Å². The van der Waals surface area contributed by atoms with Gasteiger partial charge in [-0.15, -0.1) is 0 Å². The average Bonchev–Trinajstić information content (AvgIpc) is 3.02. The van der Waals surface area contributed by atoms with Crippen molar-refractivity contribution in [3.8, 4) is 0 Å². The average molecular weight is 328 g/mol. The highest BCUT2D eigenvalue weighted by atomic mass is 16.1. The first-order chi connectivity index (χ1) is 11.5. The van der Waals surface area contributed by atoms with E-state index >= 15 is 0 Å². The van der Waals surface area contributed by atoms with Crippen molar-refractivity contribution in [2.75, 3.05) is 38.1 Å². The number of hydrogen-bond acceptors (Lipinski definition) is 5. The van der Waals surface area contributed by atoms with Gasteiger partial charge in [0.1, 0.15) is 5.82 Å². The number of H-pyrrole nitrogens is 1. The van der Waals surface area contributed by atoms with Crippen LogP contribution in [0, 0.1) is 6.92 Å². The summed E-state index contributed by atoms with van der Waals surface area (Å²) in [5, 5.41) is 9.80. The molecule has 1 aromatic heterocycles. The van der Waals surface area contributed by atoms with Crippen molar-refractivity contribution in [3.63, 3.8) is 0 Å². The molecular formula is C17H24N6O. The molecule has 7 nitrogen and oxygen atoms in total. The molecule has 2 aromatic rings. The van der Waals surface area contributed by atoms with Crippen LogP contribution in [-0.4, -0.2) is 59.2 Å². The zero-order valence-corrected chi connectivity index (χ0v) is 14.4. The van der Waals surface area contributed by atoms with Crippen LogP contribution in [0.1, 0.15) is 35.0 Å². The molecule has 1 fully saturated rings. The van der Waals surface area contributed by atoms with E-state index in [9.17, 15) is 4.79 Å². The summed E-state index contributed by atoms with van der Waals surface area (Å²) in [6.07, 6.45) is 0. The first kappa shape index (κ1) is 16.4. The summed E-state index contributed by atoms with van der Waals surface area (Å²) < 4.78 is 0. The number of likely N-dealkylation sites (N-methyl/N-ethyl adjacent to an activating group) is 1. The number of anilines is 1. The van der Waals surface area contributed by atoms with Crippen LogP contribution in [0.15, 0.2) is 24.3 Å². The lowest BCUT2D eigenvalue weighted by atomic mass is 10.1. The summed E-state index contributed by atoms with van der Waals surface area (Å²) in [5.74, 6) is 1.22. The Morgan fingerprint density at radius 2 is 1.88 bits per heavy atom. The third-order valence-corrected chi connectivity index (χ3v) is 4.35. The Hall–Kier alpha value is -2.41. The number of aromatic nitrogens is 3. The molecule has 1 aliphatic rings. The van der Waals surface area contributed by atoms with E-state index < -0.39 is 0 Å². The maximum absolute atomic E-state index is 12.4. The number of aromatic amines is 1. The summed E-state index contributed by atoms with van der Waals surface area (Å²) in [5.41, 5.74) is 1.81. The molecule has 0 aliphatic carbocycles. The molecule has 7 heteroatoms. The number of amides is 1. The minimum atomic E-state index is -0.236. The maximum atomic E-state index is 12.4. The Kier molecular flexibility index (Phi) is 4.80. The zero-order valence-electron chi connectivity index (χ0n) is 14.4. The van der Waals surface area contributed by atoms with Crippen LogP contribution in [0.3, 0.4) is 0 Å². The summed E-state index contributed by atoms with van der Waals surface area (Å²) >= 11 is 0. The Balaban J connectivity index is 1.61. The third kappa shape index (κ3) is 3.73. The largest absolute Gasteiger partial charge is 0.369 e. The third-order valence-electron chi connectivity index (χ3n) is 4.35. The van der Waals surface area contributed by atoms with E-state index in [4.69, 9.17) is 0 Å². The molecule has 1 atom stereocenters. The van der Waals surface area contributed by atoms with E-state index in [1.165, 1.54) is 0 Å². The topological polar surface area (TPSA) is 77.2 Å². The Labute approximate surface area is 142 Å². The molecule has 0 saturated carbocycles. The maximum Gasteiger partial charge on any atom is 0.251 e. The van der Waals surface area contributed by atoms with Gasteiger partial charge in [0, 0.05) is 37.4 Å². The van der Waals surface area contributed by atoms with Gasteiger partial charge in [-0.1, -0.05) is 0 Å². The number of nitrogens with zero attached hydrogens (tertiary/aromatic N) is 4. The second-order valence-corrected chi connectivity index (χ2v) is 6.31. The summed E-state index contributed by atoms with van der Waals surface area (Å²) in [4.78, 5) is 21.3. The zero-order chi connectivity index (χ0) is 17.1. The molecule has 1 unspecified atom stereocenters. The number of carbonyl (C=O) groups excluding carboxylic acids is 1. The molecule has 0 bridgehead atoms. The van der Waals surface area contributed by atoms with Gasteiger partial charge >= 0.3 is 0 Å². The second-order valence-electron chi connectivity index (χ2n) is 6.31. The SMILES string of the molecule is Cc1nc(C(C)NC(=O)c2ccc(N3CCN(C)CC3)cc2)n[nH]1. The molecule has 1 saturated heterocycles. The molecule has 24 heavy (non-hydrogen) atoms. The predicted octanol–water partition coefficient (Wildman–Crippen LogP) is 1.36. The van der Waals surface area contributed by atoms with Crippen LogP contribution in [0.5, 0.6) is 0 Å². The highest BCUT2D eigenvalue weighted by Gasteiger charge is 2.17. The van der Waals surface area contributed by atoms with E-state index in [1.807, 2.05) is 38.1 Å². The molecule has 3 rings (SSSR count). The minimum absolute atomic E-state index is 0.116. The number of carbonyl (C=O) groups is 1. The van der Waals surface area contributed by atoms with Crippen LogP contribution >= 0.6 is 0 Å². The molecule has 1 aliphatic heterocycles. The van der Waals surface area contributed by atoms with Gasteiger partial charge < -0.3 is 15.1 Å². The number of rotatable bonds is 4. The molecule has 1 amide bonds. The molecule has 2 N–H and O–H groups in total. The fraction of sp³-hybridized carbons (Fsp3) is 0.471. The van der Waals surface area contributed by atoms with Gasteiger partial charge in [-0.05, 0) is 45.2 Å². The minimum Gasteiger partial charge on any atom is -0.369 e. The molecule has 2 heterocycles. The highest BCUT2D eigenvalue weighted by molar-refractivity contribution is 5.94.